The zero-order chi connectivity index (χ0) is 27.8. The summed E-state index contributed by atoms with van der Waals surface area (Å²) in [6, 6.07) is 14.7. The van der Waals surface area contributed by atoms with E-state index in [1.165, 1.54) is 18.2 Å². The normalized spacial score (nSPS) is 15.4. The van der Waals surface area contributed by atoms with Gasteiger partial charge in [-0.1, -0.05) is 36.7 Å². The molecule has 0 saturated carbocycles. The van der Waals surface area contributed by atoms with Gasteiger partial charge < -0.3 is 19.2 Å². The average molecular weight is 555 g/mol. The van der Waals surface area contributed by atoms with E-state index in [2.05, 4.69) is 9.88 Å². The number of morpholine rings is 1. The van der Waals surface area contributed by atoms with Crippen molar-refractivity contribution in [1.82, 2.24) is 9.88 Å². The smallest absolute Gasteiger partial charge is 0.347 e. The Morgan fingerprint density at radius 3 is 2.49 bits per heavy atom. The lowest BCUT2D eigenvalue weighted by molar-refractivity contribution is -0.170. The highest BCUT2D eigenvalue weighted by atomic mass is 35.5. The van der Waals surface area contributed by atoms with Gasteiger partial charge in [-0.2, -0.15) is 0 Å². The first kappa shape index (κ1) is 28.5. The van der Waals surface area contributed by atoms with Gasteiger partial charge in [-0.05, 0) is 48.7 Å². The van der Waals surface area contributed by atoms with Crippen molar-refractivity contribution >= 4 is 40.2 Å². The van der Waals surface area contributed by atoms with Gasteiger partial charge in [0, 0.05) is 47.2 Å². The van der Waals surface area contributed by atoms with Gasteiger partial charge in [-0.15, -0.1) is 0 Å². The van der Waals surface area contributed by atoms with Crippen LogP contribution in [0.2, 0.25) is 5.02 Å². The van der Waals surface area contributed by atoms with Crippen LogP contribution in [0.15, 0.2) is 59.4 Å². The standard InChI is InChI=1S/C29H31ClN2O7/c1-2-25(29(36)38-16-13-32-11-14-37-15-12-32)39-28(35)23(27(34)19-7-9-21(30)10-8-19)17-20-18-26(33)31-24-6-4-3-5-22(20)24/h3-10,18,23,25H,2,11-17H2,1H3,(H,31,33). The van der Waals surface area contributed by atoms with Crippen LogP contribution in [0.4, 0.5) is 0 Å². The van der Waals surface area contributed by atoms with E-state index in [-0.39, 0.29) is 30.6 Å². The van der Waals surface area contributed by atoms with E-state index in [1.807, 2.05) is 0 Å². The van der Waals surface area contributed by atoms with Crippen molar-refractivity contribution < 1.29 is 28.6 Å². The third kappa shape index (κ3) is 7.53. The highest BCUT2D eigenvalue weighted by Crippen LogP contribution is 2.23. The minimum absolute atomic E-state index is 0.0900. The van der Waals surface area contributed by atoms with Crippen molar-refractivity contribution in [3.8, 4) is 0 Å². The zero-order valence-corrected chi connectivity index (χ0v) is 22.4. The van der Waals surface area contributed by atoms with E-state index >= 15 is 0 Å². The summed E-state index contributed by atoms with van der Waals surface area (Å²) >= 11 is 5.98. The second kappa shape index (κ2) is 13.5. The largest absolute Gasteiger partial charge is 0.462 e. The van der Waals surface area contributed by atoms with E-state index in [1.54, 1.807) is 43.3 Å². The van der Waals surface area contributed by atoms with Gasteiger partial charge >= 0.3 is 11.9 Å². The summed E-state index contributed by atoms with van der Waals surface area (Å²) in [6.45, 7) is 5.18. The number of esters is 2. The summed E-state index contributed by atoms with van der Waals surface area (Å²) in [4.78, 5) is 56.9. The van der Waals surface area contributed by atoms with Crippen LogP contribution in [-0.2, 0) is 30.2 Å². The van der Waals surface area contributed by atoms with E-state index in [9.17, 15) is 19.2 Å². The molecule has 1 fully saturated rings. The lowest BCUT2D eigenvalue weighted by Gasteiger charge is -2.26. The molecule has 2 unspecified atom stereocenters. The second-order valence-corrected chi connectivity index (χ2v) is 9.72. The van der Waals surface area contributed by atoms with Crippen LogP contribution in [0.5, 0.6) is 0 Å². The van der Waals surface area contributed by atoms with Gasteiger partial charge in [-0.25, -0.2) is 4.79 Å². The summed E-state index contributed by atoms with van der Waals surface area (Å²) in [5, 5.41) is 1.14. The molecule has 10 heteroatoms. The van der Waals surface area contributed by atoms with Crippen LogP contribution in [0.1, 0.15) is 29.3 Å². The fraction of sp³-hybridized carbons (Fsp3) is 0.379. The summed E-state index contributed by atoms with van der Waals surface area (Å²) in [6.07, 6.45) is -1.08. The molecule has 0 aliphatic carbocycles. The number of pyridine rings is 1. The fourth-order valence-electron chi connectivity index (χ4n) is 4.48. The Kier molecular flexibility index (Phi) is 9.86. The van der Waals surface area contributed by atoms with Crippen molar-refractivity contribution in [3.05, 3.63) is 81.1 Å². The predicted molar refractivity (Wildman–Crippen MR) is 146 cm³/mol. The molecule has 39 heavy (non-hydrogen) atoms. The number of halogens is 1. The molecule has 1 aliphatic rings. The lowest BCUT2D eigenvalue weighted by Crippen LogP contribution is -2.39. The molecule has 2 heterocycles. The maximum atomic E-state index is 13.5. The number of aromatic amines is 1. The topological polar surface area (TPSA) is 115 Å². The Hall–Kier alpha value is -3.53. The molecular weight excluding hydrogens is 524 g/mol. The molecule has 2 aromatic carbocycles. The molecule has 4 rings (SSSR count). The summed E-state index contributed by atoms with van der Waals surface area (Å²) in [5.74, 6) is -3.34. The molecule has 206 valence electrons. The lowest BCUT2D eigenvalue weighted by atomic mass is 9.90. The number of fused-ring (bicyclic) bond motifs is 1. The van der Waals surface area contributed by atoms with Crippen LogP contribution in [0.25, 0.3) is 10.9 Å². The zero-order valence-electron chi connectivity index (χ0n) is 21.7. The van der Waals surface area contributed by atoms with Crippen molar-refractivity contribution in [1.29, 1.82) is 0 Å². The van der Waals surface area contributed by atoms with Gasteiger partial charge in [0.15, 0.2) is 11.9 Å². The van der Waals surface area contributed by atoms with E-state index in [0.29, 0.717) is 41.2 Å². The van der Waals surface area contributed by atoms with Gasteiger partial charge in [-0.3, -0.25) is 19.3 Å². The average Bonchev–Trinajstić information content (AvgIpc) is 2.94. The number of carbonyl (C=O) groups excluding carboxylic acids is 3. The SMILES string of the molecule is CCC(OC(=O)C(Cc1cc(=O)[nH]c2ccccc12)C(=O)c1ccc(Cl)cc1)C(=O)OCCN1CCOCC1. The first-order chi connectivity index (χ1) is 18.9. The van der Waals surface area contributed by atoms with Gasteiger partial charge in [0.1, 0.15) is 12.5 Å². The molecule has 1 saturated heterocycles. The monoisotopic (exact) mass is 554 g/mol. The van der Waals surface area contributed by atoms with Crippen molar-refractivity contribution in [3.63, 3.8) is 0 Å². The third-order valence-corrected chi connectivity index (χ3v) is 6.89. The minimum Gasteiger partial charge on any atom is -0.462 e. The summed E-state index contributed by atoms with van der Waals surface area (Å²) in [7, 11) is 0. The molecule has 9 nitrogen and oxygen atoms in total. The number of ketones is 1. The number of carbonyl (C=O) groups is 3. The van der Waals surface area contributed by atoms with Crippen LogP contribution < -0.4 is 5.56 Å². The number of para-hydroxylation sites is 1. The van der Waals surface area contributed by atoms with E-state index in [0.717, 1.165) is 13.1 Å². The van der Waals surface area contributed by atoms with Crippen molar-refractivity contribution in [2.45, 2.75) is 25.9 Å². The molecule has 2 atom stereocenters. The molecule has 0 amide bonds. The Bertz CT molecular complexity index is 1370. The number of rotatable bonds is 11. The van der Waals surface area contributed by atoms with E-state index < -0.39 is 29.7 Å². The number of aromatic nitrogens is 1. The summed E-state index contributed by atoms with van der Waals surface area (Å²) in [5.41, 5.74) is 1.00. The molecule has 1 aromatic heterocycles. The molecular formula is C29H31ClN2O7. The highest BCUT2D eigenvalue weighted by molar-refractivity contribution is 6.30. The predicted octanol–water partition coefficient (Wildman–Crippen LogP) is 3.42. The van der Waals surface area contributed by atoms with E-state index in [4.69, 9.17) is 25.8 Å². The van der Waals surface area contributed by atoms with Crippen LogP contribution in [0, 0.1) is 5.92 Å². The first-order valence-electron chi connectivity index (χ1n) is 12.9. The number of hydrogen-bond donors (Lipinski definition) is 1. The Labute approximate surface area is 231 Å². The maximum absolute atomic E-state index is 13.5. The van der Waals surface area contributed by atoms with Gasteiger partial charge in [0.25, 0.3) is 0 Å². The number of nitrogens with zero attached hydrogens (tertiary/aromatic N) is 1. The molecule has 3 aromatic rings. The summed E-state index contributed by atoms with van der Waals surface area (Å²) < 4.78 is 16.3. The molecule has 0 bridgehead atoms. The number of hydrogen-bond acceptors (Lipinski definition) is 8. The maximum Gasteiger partial charge on any atom is 0.347 e. The third-order valence-electron chi connectivity index (χ3n) is 6.64. The van der Waals surface area contributed by atoms with Crippen molar-refractivity contribution in [2.24, 2.45) is 5.92 Å². The minimum atomic E-state index is -1.30. The van der Waals surface area contributed by atoms with Gasteiger partial charge in [0.2, 0.25) is 5.56 Å². The van der Waals surface area contributed by atoms with Gasteiger partial charge in [0.05, 0.1) is 13.2 Å². The van der Waals surface area contributed by atoms with Crippen molar-refractivity contribution in [2.75, 3.05) is 39.5 Å². The highest BCUT2D eigenvalue weighted by Gasteiger charge is 2.34. The molecule has 0 radical (unpaired) electrons. The Balaban J connectivity index is 1.52. The number of benzene rings is 2. The number of Topliss-reactive ketones (excluding diaryl/α,β-unsaturated/α-hetero) is 1. The number of ether oxygens (including phenoxy) is 3. The number of H-pyrrole nitrogens is 1. The van der Waals surface area contributed by atoms with Crippen LogP contribution in [0.3, 0.4) is 0 Å². The Morgan fingerprint density at radius 1 is 1.05 bits per heavy atom. The first-order valence-corrected chi connectivity index (χ1v) is 13.3. The molecule has 0 spiro atoms. The fourth-order valence-corrected chi connectivity index (χ4v) is 4.60. The number of nitrogens with one attached hydrogen (secondary N) is 1. The molecule has 1 aliphatic heterocycles. The second-order valence-electron chi connectivity index (χ2n) is 9.29. The molecule has 1 N–H and O–H groups in total. The van der Waals surface area contributed by atoms with Crippen LogP contribution in [-0.4, -0.2) is 73.2 Å². The van der Waals surface area contributed by atoms with Crippen LogP contribution >= 0.6 is 11.6 Å². The Morgan fingerprint density at radius 2 is 1.77 bits per heavy atom. The quantitative estimate of drug-likeness (QED) is 0.218.